The second-order valence-corrected chi connectivity index (χ2v) is 9.22. The van der Waals surface area contributed by atoms with Crippen LogP contribution in [0.3, 0.4) is 0 Å². The molecular weight excluding hydrogens is 551 g/mol. The van der Waals surface area contributed by atoms with Crippen molar-refractivity contribution in [3.63, 3.8) is 0 Å². The van der Waals surface area contributed by atoms with Crippen molar-refractivity contribution in [1.29, 1.82) is 0 Å². The van der Waals surface area contributed by atoms with Crippen molar-refractivity contribution in [3.05, 3.63) is 71.7 Å². The summed E-state index contributed by atoms with van der Waals surface area (Å²) in [5.41, 5.74) is 6.24. The van der Waals surface area contributed by atoms with Crippen LogP contribution in [0.2, 0.25) is 0 Å². The van der Waals surface area contributed by atoms with Crippen LogP contribution in [0.15, 0.2) is 48.9 Å². The first-order valence-corrected chi connectivity index (χ1v) is 11.9. The molecule has 0 aliphatic rings. The Labute approximate surface area is 228 Å². The van der Waals surface area contributed by atoms with Crippen LogP contribution in [0.4, 0.5) is 27.8 Å². The smallest absolute Gasteiger partial charge is 0.383 e. The molecule has 2 aromatic carbocycles. The van der Waals surface area contributed by atoms with Crippen molar-refractivity contribution in [3.8, 4) is 11.1 Å². The summed E-state index contributed by atoms with van der Waals surface area (Å²) in [6, 6.07) is 6.17. The van der Waals surface area contributed by atoms with E-state index < -0.39 is 41.9 Å². The number of aryl methyl sites for hydroxylation is 1. The van der Waals surface area contributed by atoms with Gasteiger partial charge in [-0.1, -0.05) is 0 Å². The van der Waals surface area contributed by atoms with E-state index in [2.05, 4.69) is 15.2 Å². The number of hydrogen-bond donors (Lipinski definition) is 1. The van der Waals surface area contributed by atoms with Crippen LogP contribution in [0.5, 0.6) is 0 Å². The largest absolute Gasteiger partial charge is 0.504 e. The summed E-state index contributed by atoms with van der Waals surface area (Å²) in [5.74, 6) is -3.38. The highest BCUT2D eigenvalue weighted by Gasteiger charge is 2.32. The number of carbonyl (C=O) groups excluding carboxylic acids is 2. The zero-order valence-electron chi connectivity index (χ0n) is 21.7. The van der Waals surface area contributed by atoms with Gasteiger partial charge in [0, 0.05) is 49.3 Å². The molecule has 0 fully saturated rings. The van der Waals surface area contributed by atoms with Gasteiger partial charge >= 0.3 is 6.30 Å². The first-order chi connectivity index (χ1) is 19.3. The summed E-state index contributed by atoms with van der Waals surface area (Å²) in [6.45, 7) is 0.467. The summed E-state index contributed by atoms with van der Waals surface area (Å²) in [7, 11) is 2.95. The summed E-state index contributed by atoms with van der Waals surface area (Å²) >= 11 is 0. The number of hydrazine groups is 1. The van der Waals surface area contributed by atoms with Crippen LogP contribution in [0, 0.1) is 11.6 Å². The molecule has 15 heteroatoms. The van der Waals surface area contributed by atoms with Crippen molar-refractivity contribution >= 4 is 39.4 Å². The highest BCUT2D eigenvalue weighted by Crippen LogP contribution is 2.31. The number of halogens is 5. The Morgan fingerprint density at radius 3 is 2.29 bits per heavy atom. The van der Waals surface area contributed by atoms with E-state index in [1.54, 1.807) is 17.8 Å². The molecule has 0 radical (unpaired) electrons. The minimum atomic E-state index is -4.80. The third kappa shape index (κ3) is 4.90. The van der Waals surface area contributed by atoms with Gasteiger partial charge in [0.25, 0.3) is 5.91 Å². The van der Waals surface area contributed by atoms with Gasteiger partial charge in [-0.15, -0.1) is 13.2 Å². The van der Waals surface area contributed by atoms with E-state index in [-0.39, 0.29) is 27.2 Å². The lowest BCUT2D eigenvalue weighted by Gasteiger charge is -2.31. The van der Waals surface area contributed by atoms with E-state index in [9.17, 15) is 22.8 Å². The first-order valence-electron chi connectivity index (χ1n) is 11.9. The third-order valence-corrected chi connectivity index (χ3v) is 6.63. The third-order valence-electron chi connectivity index (χ3n) is 6.63. The molecule has 3 aromatic heterocycles. The number of fused-ring (bicyclic) bond motifs is 3. The first kappa shape index (κ1) is 27.5. The quantitative estimate of drug-likeness (QED) is 0.253. The van der Waals surface area contributed by atoms with Crippen LogP contribution in [0.1, 0.15) is 22.8 Å². The van der Waals surface area contributed by atoms with Gasteiger partial charge in [-0.25, -0.2) is 18.8 Å². The fourth-order valence-electron chi connectivity index (χ4n) is 4.40. The SMILES string of the molecule is CC(=O)N(C)N(Cc1c(F)cc(-c2cnn(C(F)(F)F)c2)cc1F)C(=O)c1ccc2nc(N)c3cnn(C)c3c2c1. The van der Waals surface area contributed by atoms with Crippen molar-refractivity contribution in [2.24, 2.45) is 7.05 Å². The summed E-state index contributed by atoms with van der Waals surface area (Å²) in [6.07, 6.45) is -1.86. The predicted molar refractivity (Wildman–Crippen MR) is 138 cm³/mol. The van der Waals surface area contributed by atoms with Crippen molar-refractivity contribution in [2.75, 3.05) is 12.8 Å². The number of amides is 2. The molecule has 0 aliphatic carbocycles. The predicted octanol–water partition coefficient (Wildman–Crippen LogP) is 4.36. The zero-order valence-corrected chi connectivity index (χ0v) is 21.7. The summed E-state index contributed by atoms with van der Waals surface area (Å²) in [4.78, 5) is 30.3. The molecule has 0 bridgehead atoms. The fourth-order valence-corrected chi connectivity index (χ4v) is 4.40. The molecule has 0 unspecified atom stereocenters. The second-order valence-electron chi connectivity index (χ2n) is 9.22. The molecule has 0 aliphatic heterocycles. The van der Waals surface area contributed by atoms with E-state index in [1.807, 2.05) is 0 Å². The molecular formula is C26H21F5N8O2. The number of alkyl halides is 3. The Morgan fingerprint density at radius 1 is 1.00 bits per heavy atom. The highest BCUT2D eigenvalue weighted by molar-refractivity contribution is 6.10. The van der Waals surface area contributed by atoms with Gasteiger partial charge in [0.1, 0.15) is 17.5 Å². The molecule has 3 heterocycles. The number of nitrogen functional groups attached to an aromatic ring is 1. The Morgan fingerprint density at radius 2 is 1.68 bits per heavy atom. The number of benzene rings is 2. The maximum atomic E-state index is 15.2. The highest BCUT2D eigenvalue weighted by atomic mass is 19.4. The molecule has 10 nitrogen and oxygen atoms in total. The molecule has 0 spiro atoms. The molecule has 41 heavy (non-hydrogen) atoms. The number of carbonyl (C=O) groups is 2. The fraction of sp³-hybridized carbons (Fsp3) is 0.192. The monoisotopic (exact) mass is 572 g/mol. The van der Waals surface area contributed by atoms with Crippen LogP contribution < -0.4 is 5.73 Å². The van der Waals surface area contributed by atoms with Gasteiger partial charge in [0.15, 0.2) is 0 Å². The lowest BCUT2D eigenvalue weighted by molar-refractivity contribution is -0.212. The number of rotatable bonds is 4. The molecule has 5 aromatic rings. The molecule has 0 saturated heterocycles. The minimum Gasteiger partial charge on any atom is -0.383 e. The molecule has 0 atom stereocenters. The van der Waals surface area contributed by atoms with Crippen molar-refractivity contribution in [2.45, 2.75) is 19.8 Å². The lowest BCUT2D eigenvalue weighted by atomic mass is 10.0. The van der Waals surface area contributed by atoms with Gasteiger partial charge < -0.3 is 5.73 Å². The van der Waals surface area contributed by atoms with Gasteiger partial charge in [-0.05, 0) is 35.9 Å². The molecule has 2 amide bonds. The number of nitrogens with zero attached hydrogens (tertiary/aromatic N) is 7. The minimum absolute atomic E-state index is 0.0803. The van der Waals surface area contributed by atoms with Crippen LogP contribution in [-0.2, 0) is 24.7 Å². The second kappa shape index (κ2) is 9.83. The van der Waals surface area contributed by atoms with E-state index in [1.165, 1.54) is 32.3 Å². The average molecular weight is 572 g/mol. The maximum Gasteiger partial charge on any atom is 0.504 e. The Balaban J connectivity index is 1.53. The van der Waals surface area contributed by atoms with E-state index in [0.29, 0.717) is 28.0 Å². The molecule has 5 rings (SSSR count). The van der Waals surface area contributed by atoms with Crippen molar-refractivity contribution < 1.29 is 31.5 Å². The van der Waals surface area contributed by atoms with Gasteiger partial charge in [-0.2, -0.15) is 14.9 Å². The molecule has 2 N–H and O–H groups in total. The average Bonchev–Trinajstić information content (AvgIpc) is 3.56. The van der Waals surface area contributed by atoms with E-state index in [0.717, 1.165) is 28.3 Å². The topological polar surface area (TPSA) is 115 Å². The molecule has 0 saturated carbocycles. The zero-order chi connectivity index (χ0) is 29.8. The van der Waals surface area contributed by atoms with Gasteiger partial charge in [0.2, 0.25) is 5.91 Å². The standard InChI is InChI=1S/C26H21F5N8O2/c1-13(40)37(3)38(12-19-20(27)7-15(8-21(19)28)16-9-34-39(11-16)26(29,30)31)25(41)14-4-5-22-17(6-14)23-18(24(32)35-22)10-33-36(23)2/h4-11H,12H2,1-3H3,(H2,32,35). The van der Waals surface area contributed by atoms with Gasteiger partial charge in [-0.3, -0.25) is 19.3 Å². The van der Waals surface area contributed by atoms with Gasteiger partial charge in [0.05, 0.1) is 35.4 Å². The normalized spacial score (nSPS) is 11.8. The van der Waals surface area contributed by atoms with E-state index in [4.69, 9.17) is 5.73 Å². The van der Waals surface area contributed by atoms with Crippen LogP contribution in [-0.4, -0.2) is 53.4 Å². The number of pyridine rings is 1. The van der Waals surface area contributed by atoms with Crippen LogP contribution in [0.25, 0.3) is 32.9 Å². The summed E-state index contributed by atoms with van der Waals surface area (Å²) in [5, 5.41) is 10.2. The van der Waals surface area contributed by atoms with Crippen molar-refractivity contribution in [1.82, 2.24) is 34.6 Å². The van der Waals surface area contributed by atoms with E-state index >= 15 is 8.78 Å². The number of nitrogens with two attached hydrogens (primary N) is 1. The Hall–Kier alpha value is -5.08. The summed E-state index contributed by atoms with van der Waals surface area (Å²) < 4.78 is 70.3. The Bertz CT molecular complexity index is 1820. The lowest BCUT2D eigenvalue weighted by Crippen LogP contribution is -2.46. The van der Waals surface area contributed by atoms with Crippen LogP contribution >= 0.6 is 0 Å². The number of hydrogen-bond acceptors (Lipinski definition) is 6. The maximum absolute atomic E-state index is 15.2. The number of anilines is 1. The Kier molecular flexibility index (Phi) is 6.59. The number of aromatic nitrogens is 5. The molecule has 212 valence electrons.